The topological polar surface area (TPSA) is 49.8 Å². The molecule has 3 rings (SSSR count). The Bertz CT molecular complexity index is 627. The van der Waals surface area contributed by atoms with Crippen molar-refractivity contribution in [2.75, 3.05) is 7.11 Å². The number of fused-ring (bicyclic) bond motifs is 2. The van der Waals surface area contributed by atoms with Crippen LogP contribution < -0.4 is 4.74 Å². The van der Waals surface area contributed by atoms with Crippen LogP contribution >= 0.6 is 0 Å². The van der Waals surface area contributed by atoms with Gasteiger partial charge in [0, 0.05) is 18.6 Å². The van der Waals surface area contributed by atoms with E-state index < -0.39 is 11.4 Å². The monoisotopic (exact) mass is 317 g/mol. The number of aliphatic carboxylic acids is 1. The van der Waals surface area contributed by atoms with E-state index in [1.165, 1.54) is 11.1 Å². The smallest absolute Gasteiger partial charge is 0.311 e. The number of carbonyl (C=O) groups is 1. The lowest BCUT2D eigenvalue weighted by Crippen LogP contribution is -2.42. The number of rotatable bonds is 5. The molecule has 0 amide bonds. The Kier molecular flexibility index (Phi) is 4.13. The zero-order valence-corrected chi connectivity index (χ0v) is 14.6. The largest absolute Gasteiger partial charge is 0.496 e. The predicted molar refractivity (Wildman–Crippen MR) is 89.8 cm³/mol. The molecule has 1 N–H and O–H groups in total. The van der Waals surface area contributed by atoms with Gasteiger partial charge in [0.2, 0.25) is 0 Å². The second-order valence-corrected chi connectivity index (χ2v) is 7.19. The number of hydrogen-bond donors (Lipinski definition) is 1. The maximum atomic E-state index is 11.9. The molecule has 23 heavy (non-hydrogen) atoms. The number of nitrogens with zero attached hydrogens (tertiary/aromatic N) is 1. The van der Waals surface area contributed by atoms with Gasteiger partial charge in [-0.3, -0.25) is 9.69 Å². The fraction of sp³-hybridized carbons (Fsp3) is 0.632. The Hall–Kier alpha value is -1.55. The number of benzene rings is 1. The van der Waals surface area contributed by atoms with Crippen LogP contribution in [0.5, 0.6) is 5.75 Å². The van der Waals surface area contributed by atoms with Gasteiger partial charge in [0.25, 0.3) is 0 Å². The van der Waals surface area contributed by atoms with Crippen LogP contribution in [0.4, 0.5) is 0 Å². The molecule has 2 fully saturated rings. The molecule has 3 atom stereocenters. The van der Waals surface area contributed by atoms with Gasteiger partial charge in [-0.2, -0.15) is 0 Å². The SMILES string of the molecule is CC[C@@]1(C(=O)O)C[C@@H]2CC[C@H]1N2Cc1cc(C)c(OC)cc1C. The van der Waals surface area contributed by atoms with Crippen LogP contribution in [-0.2, 0) is 11.3 Å². The van der Waals surface area contributed by atoms with Crippen molar-refractivity contribution in [3.05, 3.63) is 28.8 Å². The van der Waals surface area contributed by atoms with Crippen LogP contribution in [-0.4, -0.2) is 35.2 Å². The summed E-state index contributed by atoms with van der Waals surface area (Å²) in [6.45, 7) is 7.05. The van der Waals surface area contributed by atoms with Crippen LogP contribution in [0.1, 0.15) is 49.3 Å². The lowest BCUT2D eigenvalue weighted by molar-refractivity contribution is -0.151. The molecule has 1 aromatic rings. The molecule has 2 bridgehead atoms. The van der Waals surface area contributed by atoms with Crippen molar-refractivity contribution in [1.82, 2.24) is 4.90 Å². The van der Waals surface area contributed by atoms with Crippen molar-refractivity contribution in [2.45, 2.75) is 65.1 Å². The zero-order chi connectivity index (χ0) is 16.8. The van der Waals surface area contributed by atoms with Gasteiger partial charge in [-0.1, -0.05) is 13.0 Å². The summed E-state index contributed by atoms with van der Waals surface area (Å²) in [5.41, 5.74) is 3.10. The lowest BCUT2D eigenvalue weighted by Gasteiger charge is -2.33. The van der Waals surface area contributed by atoms with Crippen molar-refractivity contribution >= 4 is 5.97 Å². The van der Waals surface area contributed by atoms with E-state index in [9.17, 15) is 9.90 Å². The van der Waals surface area contributed by atoms with Crippen molar-refractivity contribution < 1.29 is 14.6 Å². The maximum Gasteiger partial charge on any atom is 0.311 e. The molecule has 2 aliphatic rings. The van der Waals surface area contributed by atoms with E-state index in [0.29, 0.717) is 6.04 Å². The molecule has 4 heteroatoms. The Balaban J connectivity index is 1.87. The third kappa shape index (κ3) is 2.44. The van der Waals surface area contributed by atoms with Gasteiger partial charge in [-0.25, -0.2) is 0 Å². The summed E-state index contributed by atoms with van der Waals surface area (Å²) < 4.78 is 5.40. The average Bonchev–Trinajstić information content (AvgIpc) is 3.05. The van der Waals surface area contributed by atoms with Gasteiger partial charge >= 0.3 is 5.97 Å². The number of carboxylic acids is 1. The first kappa shape index (κ1) is 16.3. The molecule has 0 saturated carbocycles. The molecule has 0 radical (unpaired) electrons. The Morgan fingerprint density at radius 2 is 2.09 bits per heavy atom. The van der Waals surface area contributed by atoms with Gasteiger partial charge in [0.05, 0.1) is 12.5 Å². The summed E-state index contributed by atoms with van der Waals surface area (Å²) in [7, 11) is 1.70. The molecular formula is C19H27NO3. The molecule has 0 spiro atoms. The van der Waals surface area contributed by atoms with Gasteiger partial charge in [-0.15, -0.1) is 0 Å². The van der Waals surface area contributed by atoms with Gasteiger partial charge in [0.1, 0.15) is 5.75 Å². The van der Waals surface area contributed by atoms with E-state index in [0.717, 1.165) is 43.5 Å². The number of carboxylic acid groups (broad SMARTS) is 1. The summed E-state index contributed by atoms with van der Waals surface area (Å²) in [5.74, 6) is 0.309. The molecule has 2 heterocycles. The summed E-state index contributed by atoms with van der Waals surface area (Å²) in [6.07, 6.45) is 3.67. The van der Waals surface area contributed by atoms with Crippen LogP contribution in [0.15, 0.2) is 12.1 Å². The second kappa shape index (κ2) is 5.82. The van der Waals surface area contributed by atoms with E-state index >= 15 is 0 Å². The molecule has 0 unspecified atom stereocenters. The van der Waals surface area contributed by atoms with E-state index in [1.807, 2.05) is 6.92 Å². The molecule has 4 nitrogen and oxygen atoms in total. The molecule has 2 aliphatic heterocycles. The third-order valence-electron chi connectivity index (χ3n) is 6.14. The van der Waals surface area contributed by atoms with E-state index in [1.54, 1.807) is 7.11 Å². The van der Waals surface area contributed by atoms with Gasteiger partial charge in [0.15, 0.2) is 0 Å². The summed E-state index contributed by atoms with van der Waals surface area (Å²) in [4.78, 5) is 14.4. The predicted octanol–water partition coefficient (Wildman–Crippen LogP) is 3.53. The summed E-state index contributed by atoms with van der Waals surface area (Å²) in [6, 6.07) is 4.88. The van der Waals surface area contributed by atoms with Crippen molar-refractivity contribution in [3.63, 3.8) is 0 Å². The Morgan fingerprint density at radius 1 is 1.35 bits per heavy atom. The minimum absolute atomic E-state index is 0.178. The maximum absolute atomic E-state index is 11.9. The molecule has 1 aromatic carbocycles. The van der Waals surface area contributed by atoms with Crippen LogP contribution in [0.2, 0.25) is 0 Å². The number of hydrogen-bond acceptors (Lipinski definition) is 3. The number of methoxy groups -OCH3 is 1. The molecule has 126 valence electrons. The van der Waals surface area contributed by atoms with E-state index in [2.05, 4.69) is 30.9 Å². The standard InChI is InChI=1S/C19H27NO3/c1-5-19(18(21)22)10-15-6-7-17(19)20(15)11-14-8-13(3)16(23-4)9-12(14)2/h8-9,15,17H,5-7,10-11H2,1-4H3,(H,21,22)/t15-,17+,19+/m0/s1. The first-order chi connectivity index (χ1) is 10.9. The van der Waals surface area contributed by atoms with E-state index in [-0.39, 0.29) is 6.04 Å². The highest BCUT2D eigenvalue weighted by molar-refractivity contribution is 5.76. The zero-order valence-electron chi connectivity index (χ0n) is 14.6. The summed E-state index contributed by atoms with van der Waals surface area (Å²) in [5, 5.41) is 9.79. The fourth-order valence-corrected chi connectivity index (χ4v) is 4.74. The van der Waals surface area contributed by atoms with Gasteiger partial charge in [-0.05, 0) is 62.3 Å². The minimum atomic E-state index is -0.611. The van der Waals surface area contributed by atoms with Crippen molar-refractivity contribution in [3.8, 4) is 5.75 Å². The Morgan fingerprint density at radius 3 is 2.65 bits per heavy atom. The van der Waals surface area contributed by atoms with Gasteiger partial charge < -0.3 is 9.84 Å². The third-order valence-corrected chi connectivity index (χ3v) is 6.14. The lowest BCUT2D eigenvalue weighted by atomic mass is 9.72. The molecular weight excluding hydrogens is 290 g/mol. The van der Waals surface area contributed by atoms with Crippen LogP contribution in [0.3, 0.4) is 0 Å². The molecule has 2 saturated heterocycles. The first-order valence-corrected chi connectivity index (χ1v) is 8.56. The fourth-order valence-electron chi connectivity index (χ4n) is 4.74. The highest BCUT2D eigenvalue weighted by Gasteiger charge is 2.58. The van der Waals surface area contributed by atoms with Crippen LogP contribution in [0.25, 0.3) is 0 Å². The van der Waals surface area contributed by atoms with Crippen LogP contribution in [0, 0.1) is 19.3 Å². The number of ether oxygens (including phenoxy) is 1. The Labute approximate surface area is 138 Å². The normalized spacial score (nSPS) is 29.9. The second-order valence-electron chi connectivity index (χ2n) is 7.19. The number of aryl methyl sites for hydroxylation is 2. The molecule has 0 aliphatic carbocycles. The molecule has 0 aromatic heterocycles. The minimum Gasteiger partial charge on any atom is -0.496 e. The van der Waals surface area contributed by atoms with Crippen molar-refractivity contribution in [1.29, 1.82) is 0 Å². The summed E-state index contributed by atoms with van der Waals surface area (Å²) >= 11 is 0. The van der Waals surface area contributed by atoms with Crippen molar-refractivity contribution in [2.24, 2.45) is 5.41 Å². The average molecular weight is 317 g/mol. The van der Waals surface area contributed by atoms with E-state index in [4.69, 9.17) is 4.74 Å². The quantitative estimate of drug-likeness (QED) is 0.902. The highest BCUT2D eigenvalue weighted by Crippen LogP contribution is 2.52. The first-order valence-electron chi connectivity index (χ1n) is 8.56. The highest BCUT2D eigenvalue weighted by atomic mass is 16.5.